The maximum Gasteiger partial charge on any atom is 0.146 e. The summed E-state index contributed by atoms with van der Waals surface area (Å²) in [5.74, 6) is 1.32. The van der Waals surface area contributed by atoms with Gasteiger partial charge in [0.1, 0.15) is 11.9 Å². The molecule has 2 unspecified atom stereocenters. The summed E-state index contributed by atoms with van der Waals surface area (Å²) in [6.45, 7) is 3.77. The van der Waals surface area contributed by atoms with E-state index in [4.69, 9.17) is 11.0 Å². The van der Waals surface area contributed by atoms with Gasteiger partial charge in [-0.1, -0.05) is 0 Å². The van der Waals surface area contributed by atoms with Gasteiger partial charge in [0.25, 0.3) is 0 Å². The lowest BCUT2D eigenvalue weighted by molar-refractivity contribution is 0.579. The average Bonchev–Trinajstić information content (AvgIpc) is 2.70. The molecule has 2 heterocycles. The summed E-state index contributed by atoms with van der Waals surface area (Å²) in [6, 6.07) is 6.21. The van der Waals surface area contributed by atoms with E-state index in [0.29, 0.717) is 24.1 Å². The minimum absolute atomic E-state index is 0.413. The van der Waals surface area contributed by atoms with Crippen LogP contribution in [0, 0.1) is 17.2 Å². The Balaban J connectivity index is 2.28. The van der Waals surface area contributed by atoms with Crippen LogP contribution in [0.4, 0.5) is 5.82 Å². The molecule has 0 aliphatic carbocycles. The molecule has 0 radical (unpaired) electrons. The molecule has 2 rings (SSSR count). The van der Waals surface area contributed by atoms with Gasteiger partial charge in [-0.3, -0.25) is 0 Å². The molecule has 1 aliphatic heterocycles. The second-order valence-corrected chi connectivity index (χ2v) is 4.33. The number of hydrogen-bond donors (Lipinski definition) is 1. The van der Waals surface area contributed by atoms with E-state index in [9.17, 15) is 0 Å². The number of pyridine rings is 1. The molecule has 4 nitrogen and oxygen atoms in total. The van der Waals surface area contributed by atoms with Gasteiger partial charge in [-0.2, -0.15) is 5.26 Å². The average molecular weight is 216 g/mol. The number of anilines is 1. The molecule has 1 aromatic rings. The van der Waals surface area contributed by atoms with Crippen LogP contribution >= 0.6 is 0 Å². The monoisotopic (exact) mass is 216 g/mol. The summed E-state index contributed by atoms with van der Waals surface area (Å²) in [5.41, 5.74) is 6.34. The van der Waals surface area contributed by atoms with Crippen LogP contribution < -0.4 is 10.6 Å². The predicted molar refractivity (Wildman–Crippen MR) is 62.9 cm³/mol. The molecule has 0 saturated carbocycles. The normalized spacial score (nSPS) is 24.4. The highest BCUT2D eigenvalue weighted by molar-refractivity contribution is 5.54. The van der Waals surface area contributed by atoms with E-state index in [-0.39, 0.29) is 0 Å². The Morgan fingerprint density at radius 3 is 3.12 bits per heavy atom. The summed E-state index contributed by atoms with van der Waals surface area (Å²) in [6.07, 6.45) is 2.82. The minimum Gasteiger partial charge on any atom is -0.352 e. The number of nitrogens with zero attached hydrogens (tertiary/aromatic N) is 3. The first-order valence-electron chi connectivity index (χ1n) is 5.58. The van der Waals surface area contributed by atoms with E-state index < -0.39 is 0 Å². The Labute approximate surface area is 95.7 Å². The number of nitrogens with two attached hydrogens (primary N) is 1. The minimum atomic E-state index is 0.413. The number of nitriles is 1. The third-order valence-corrected chi connectivity index (χ3v) is 3.17. The summed E-state index contributed by atoms with van der Waals surface area (Å²) in [7, 11) is 0. The molecule has 0 spiro atoms. The van der Waals surface area contributed by atoms with Gasteiger partial charge < -0.3 is 10.6 Å². The van der Waals surface area contributed by atoms with Crippen molar-refractivity contribution in [3.05, 3.63) is 23.9 Å². The molecule has 2 atom stereocenters. The van der Waals surface area contributed by atoms with E-state index in [1.54, 1.807) is 12.3 Å². The second kappa shape index (κ2) is 4.50. The molecule has 1 aliphatic rings. The van der Waals surface area contributed by atoms with Crippen LogP contribution in [-0.4, -0.2) is 24.1 Å². The van der Waals surface area contributed by atoms with Crippen LogP contribution in [0.2, 0.25) is 0 Å². The van der Waals surface area contributed by atoms with Crippen molar-refractivity contribution in [2.24, 2.45) is 11.7 Å². The molecule has 0 amide bonds. The molecule has 16 heavy (non-hydrogen) atoms. The Morgan fingerprint density at radius 2 is 2.50 bits per heavy atom. The first kappa shape index (κ1) is 10.9. The van der Waals surface area contributed by atoms with Gasteiger partial charge >= 0.3 is 0 Å². The summed E-state index contributed by atoms with van der Waals surface area (Å²) < 4.78 is 0. The zero-order valence-corrected chi connectivity index (χ0v) is 9.43. The summed E-state index contributed by atoms with van der Waals surface area (Å²) >= 11 is 0. The molecule has 1 saturated heterocycles. The number of rotatable bonds is 2. The maximum atomic E-state index is 9.05. The lowest BCUT2D eigenvalue weighted by Gasteiger charge is -2.23. The molecule has 0 bridgehead atoms. The van der Waals surface area contributed by atoms with Crippen LogP contribution in [0.3, 0.4) is 0 Å². The van der Waals surface area contributed by atoms with Crippen molar-refractivity contribution < 1.29 is 0 Å². The fourth-order valence-electron chi connectivity index (χ4n) is 2.32. The fraction of sp³-hybridized carbons (Fsp3) is 0.500. The molecule has 4 heteroatoms. The van der Waals surface area contributed by atoms with Gasteiger partial charge in [0.15, 0.2) is 0 Å². The SMILES string of the molecule is CC1CC(CN)CN1c1ncccc1C#N. The third kappa shape index (κ3) is 1.86. The molecular formula is C12H16N4. The Hall–Kier alpha value is -1.60. The van der Waals surface area contributed by atoms with Crippen molar-refractivity contribution in [3.63, 3.8) is 0 Å². The van der Waals surface area contributed by atoms with Crippen LogP contribution in [0.15, 0.2) is 18.3 Å². The fourth-order valence-corrected chi connectivity index (χ4v) is 2.32. The van der Waals surface area contributed by atoms with Gasteiger partial charge in [0, 0.05) is 18.8 Å². The second-order valence-electron chi connectivity index (χ2n) is 4.33. The van der Waals surface area contributed by atoms with E-state index in [1.807, 2.05) is 6.07 Å². The Kier molecular flexibility index (Phi) is 3.07. The Bertz CT molecular complexity index is 410. The largest absolute Gasteiger partial charge is 0.352 e. The topological polar surface area (TPSA) is 65.9 Å². The molecule has 0 aromatic carbocycles. The zero-order valence-electron chi connectivity index (χ0n) is 9.43. The lowest BCUT2D eigenvalue weighted by Crippen LogP contribution is -2.29. The van der Waals surface area contributed by atoms with Gasteiger partial charge in [-0.05, 0) is 37.9 Å². The van der Waals surface area contributed by atoms with E-state index in [2.05, 4.69) is 22.9 Å². The predicted octanol–water partition coefficient (Wildman–Crippen LogP) is 1.13. The molecular weight excluding hydrogens is 200 g/mol. The molecule has 1 aromatic heterocycles. The first-order chi connectivity index (χ1) is 7.76. The van der Waals surface area contributed by atoms with Crippen molar-refractivity contribution in [3.8, 4) is 6.07 Å². The van der Waals surface area contributed by atoms with Gasteiger partial charge in [-0.15, -0.1) is 0 Å². The van der Waals surface area contributed by atoms with Gasteiger partial charge in [0.2, 0.25) is 0 Å². The van der Waals surface area contributed by atoms with E-state index in [1.165, 1.54) is 0 Å². The van der Waals surface area contributed by atoms with Crippen molar-refractivity contribution in [1.29, 1.82) is 5.26 Å². The van der Waals surface area contributed by atoms with Crippen molar-refractivity contribution in [2.75, 3.05) is 18.0 Å². The highest BCUT2D eigenvalue weighted by atomic mass is 15.2. The molecule has 2 N–H and O–H groups in total. The van der Waals surface area contributed by atoms with Gasteiger partial charge in [0.05, 0.1) is 5.56 Å². The van der Waals surface area contributed by atoms with E-state index in [0.717, 1.165) is 18.8 Å². The van der Waals surface area contributed by atoms with Crippen LogP contribution in [0.25, 0.3) is 0 Å². The quantitative estimate of drug-likeness (QED) is 0.804. The van der Waals surface area contributed by atoms with Crippen LogP contribution in [-0.2, 0) is 0 Å². The highest BCUT2D eigenvalue weighted by Crippen LogP contribution is 2.28. The van der Waals surface area contributed by atoms with Crippen molar-refractivity contribution >= 4 is 5.82 Å². The number of aromatic nitrogens is 1. The summed E-state index contributed by atoms with van der Waals surface area (Å²) in [4.78, 5) is 6.50. The zero-order chi connectivity index (χ0) is 11.5. The molecule has 1 fully saturated rings. The van der Waals surface area contributed by atoms with Crippen molar-refractivity contribution in [2.45, 2.75) is 19.4 Å². The lowest BCUT2D eigenvalue weighted by atomic mass is 10.1. The van der Waals surface area contributed by atoms with Crippen molar-refractivity contribution in [1.82, 2.24) is 4.98 Å². The van der Waals surface area contributed by atoms with E-state index >= 15 is 0 Å². The first-order valence-corrected chi connectivity index (χ1v) is 5.58. The summed E-state index contributed by atoms with van der Waals surface area (Å²) in [5, 5.41) is 9.05. The van der Waals surface area contributed by atoms with Gasteiger partial charge in [-0.25, -0.2) is 4.98 Å². The Morgan fingerprint density at radius 1 is 1.69 bits per heavy atom. The van der Waals surface area contributed by atoms with Crippen LogP contribution in [0.5, 0.6) is 0 Å². The maximum absolute atomic E-state index is 9.05. The molecule has 84 valence electrons. The smallest absolute Gasteiger partial charge is 0.146 e. The number of hydrogen-bond acceptors (Lipinski definition) is 4. The standard InChI is InChI=1S/C12H16N4/c1-9-5-10(6-13)8-16(9)12-11(7-14)3-2-4-15-12/h2-4,9-10H,5-6,8,13H2,1H3. The highest BCUT2D eigenvalue weighted by Gasteiger charge is 2.30. The third-order valence-electron chi connectivity index (χ3n) is 3.17. The van der Waals surface area contributed by atoms with Crippen LogP contribution in [0.1, 0.15) is 18.9 Å².